The third-order valence-electron chi connectivity index (χ3n) is 8.56. The predicted molar refractivity (Wildman–Crippen MR) is 130 cm³/mol. The number of hydrogen-bond donors (Lipinski definition) is 0. The van der Waals surface area contributed by atoms with Gasteiger partial charge in [-0.05, 0) is 93.2 Å². The van der Waals surface area contributed by atoms with Crippen molar-refractivity contribution >= 4 is 11.6 Å². The lowest BCUT2D eigenvalue weighted by Gasteiger charge is -2.57. The van der Waals surface area contributed by atoms with E-state index in [4.69, 9.17) is 9.47 Å². The second-order valence-electron chi connectivity index (χ2n) is 11.4. The maximum absolute atomic E-state index is 14.0. The normalized spacial score (nSPS) is 27.4. The summed E-state index contributed by atoms with van der Waals surface area (Å²) in [6.07, 6.45) is 4.41. The molecule has 4 aliphatic rings. The number of rotatable bonds is 6. The molecule has 7 rings (SSSR count). The number of methoxy groups -OCH3 is 1. The summed E-state index contributed by atoms with van der Waals surface area (Å²) in [4.78, 5) is 17.6. The Bertz CT molecular complexity index is 1310. The molecule has 1 aromatic carbocycles. The van der Waals surface area contributed by atoms with E-state index in [1.54, 1.807) is 24.3 Å². The van der Waals surface area contributed by atoms with Crippen molar-refractivity contribution in [1.29, 1.82) is 0 Å². The minimum absolute atomic E-state index is 0.0356. The van der Waals surface area contributed by atoms with Gasteiger partial charge >= 0.3 is 12.1 Å². The second-order valence-corrected chi connectivity index (χ2v) is 11.4. The van der Waals surface area contributed by atoms with E-state index in [9.17, 15) is 18.0 Å². The minimum atomic E-state index is -4.71. The lowest BCUT2D eigenvalue weighted by atomic mass is 9.48. The van der Waals surface area contributed by atoms with Gasteiger partial charge < -0.3 is 9.47 Å². The molecule has 6 nitrogen and oxygen atoms in total. The van der Waals surface area contributed by atoms with E-state index in [2.05, 4.69) is 10.1 Å². The van der Waals surface area contributed by atoms with Crippen LogP contribution in [-0.2, 0) is 10.9 Å². The number of aromatic nitrogens is 3. The molecule has 0 saturated heterocycles. The smallest absolute Gasteiger partial charge is 0.433 e. The van der Waals surface area contributed by atoms with Crippen LogP contribution in [0.4, 0.5) is 13.2 Å². The molecule has 2 aromatic heterocycles. The average molecular weight is 514 g/mol. The van der Waals surface area contributed by atoms with Crippen molar-refractivity contribution in [1.82, 2.24) is 14.6 Å². The summed E-state index contributed by atoms with van der Waals surface area (Å²) in [5, 5.41) is 3.87. The first kappa shape index (κ1) is 24.2. The number of alkyl halides is 3. The number of esters is 1. The van der Waals surface area contributed by atoms with E-state index in [0.29, 0.717) is 15.8 Å². The molecule has 4 bridgehead atoms. The Labute approximate surface area is 213 Å². The van der Waals surface area contributed by atoms with E-state index < -0.39 is 17.8 Å². The molecule has 0 N–H and O–H groups in total. The van der Waals surface area contributed by atoms with Crippen LogP contribution in [0, 0.1) is 23.2 Å². The molecule has 0 amide bonds. The monoisotopic (exact) mass is 513 g/mol. The Morgan fingerprint density at radius 2 is 1.78 bits per heavy atom. The topological polar surface area (TPSA) is 65.7 Å². The number of carbonyl (C=O) groups is 1. The van der Waals surface area contributed by atoms with Gasteiger partial charge in [-0.25, -0.2) is 14.3 Å². The molecule has 4 saturated carbocycles. The van der Waals surface area contributed by atoms with Gasteiger partial charge in [-0.15, -0.1) is 0 Å². The lowest BCUT2D eigenvalue weighted by Crippen LogP contribution is -2.47. The fourth-order valence-corrected chi connectivity index (χ4v) is 7.74. The van der Waals surface area contributed by atoms with E-state index in [1.807, 2.05) is 6.92 Å². The maximum atomic E-state index is 14.0. The largest absolute Gasteiger partial charge is 0.496 e. The molecular weight excluding hydrogens is 483 g/mol. The van der Waals surface area contributed by atoms with Crippen LogP contribution in [0.5, 0.6) is 5.75 Å². The van der Waals surface area contributed by atoms with Crippen molar-refractivity contribution < 1.29 is 27.4 Å². The first-order valence-corrected chi connectivity index (χ1v) is 12.9. The van der Waals surface area contributed by atoms with Crippen LogP contribution in [0.1, 0.15) is 67.9 Å². The van der Waals surface area contributed by atoms with E-state index in [-0.39, 0.29) is 28.4 Å². The van der Waals surface area contributed by atoms with Crippen molar-refractivity contribution in [2.45, 2.75) is 64.1 Å². The van der Waals surface area contributed by atoms with Gasteiger partial charge in [0.05, 0.1) is 25.1 Å². The zero-order valence-electron chi connectivity index (χ0n) is 20.9. The highest BCUT2D eigenvalue weighted by Crippen LogP contribution is 2.61. The molecule has 9 heteroatoms. The van der Waals surface area contributed by atoms with Crippen molar-refractivity contribution in [2.75, 3.05) is 7.11 Å². The second kappa shape index (κ2) is 8.74. The SMILES string of the molecule is COc1ccccc1-c1cc(C(F)(F)F)n2ncc(C(=O)O[C@@H](C)CC34CC5CC(CC(C5)C3)C4)c2n1. The Morgan fingerprint density at radius 3 is 2.41 bits per heavy atom. The van der Waals surface area contributed by atoms with Crippen molar-refractivity contribution in [3.63, 3.8) is 0 Å². The summed E-state index contributed by atoms with van der Waals surface area (Å²) in [5.41, 5.74) is -0.669. The van der Waals surface area contributed by atoms with Crippen LogP contribution in [0.25, 0.3) is 16.9 Å². The third kappa shape index (κ3) is 4.36. The Hall–Kier alpha value is -3.10. The number of nitrogens with zero attached hydrogens (tertiary/aromatic N) is 3. The fraction of sp³-hybridized carbons (Fsp3) is 0.536. The maximum Gasteiger partial charge on any atom is 0.433 e. The highest BCUT2D eigenvalue weighted by Gasteiger charge is 2.51. The third-order valence-corrected chi connectivity index (χ3v) is 8.56. The fourth-order valence-electron chi connectivity index (χ4n) is 7.74. The molecule has 196 valence electrons. The predicted octanol–water partition coefficient (Wildman–Crippen LogP) is 6.58. The first-order valence-electron chi connectivity index (χ1n) is 12.9. The van der Waals surface area contributed by atoms with Gasteiger partial charge in [-0.3, -0.25) is 0 Å². The molecule has 0 radical (unpaired) electrons. The van der Waals surface area contributed by atoms with Crippen LogP contribution in [0.2, 0.25) is 0 Å². The number of hydrogen-bond acceptors (Lipinski definition) is 5. The summed E-state index contributed by atoms with van der Waals surface area (Å²) < 4.78 is 53.8. The highest BCUT2D eigenvalue weighted by molar-refractivity contribution is 5.96. The molecule has 3 aromatic rings. The van der Waals surface area contributed by atoms with Crippen LogP contribution in [-0.4, -0.2) is 33.8 Å². The van der Waals surface area contributed by atoms with Gasteiger partial charge in [0.2, 0.25) is 0 Å². The number of benzene rings is 1. The summed E-state index contributed by atoms with van der Waals surface area (Å²) in [6.45, 7) is 1.89. The summed E-state index contributed by atoms with van der Waals surface area (Å²) in [5.74, 6) is 2.02. The summed E-state index contributed by atoms with van der Waals surface area (Å²) >= 11 is 0. The van der Waals surface area contributed by atoms with E-state index in [1.165, 1.54) is 45.6 Å². The van der Waals surface area contributed by atoms with Gasteiger partial charge in [-0.1, -0.05) is 12.1 Å². The van der Waals surface area contributed by atoms with Crippen LogP contribution < -0.4 is 4.74 Å². The van der Waals surface area contributed by atoms with Gasteiger partial charge in [-0.2, -0.15) is 18.3 Å². The minimum Gasteiger partial charge on any atom is -0.496 e. The Balaban J connectivity index is 1.30. The molecule has 4 aliphatic carbocycles. The quantitative estimate of drug-likeness (QED) is 0.349. The van der Waals surface area contributed by atoms with Crippen molar-refractivity contribution in [2.24, 2.45) is 23.2 Å². The number of carbonyl (C=O) groups excluding carboxylic acids is 1. The molecule has 0 unspecified atom stereocenters. The highest BCUT2D eigenvalue weighted by atomic mass is 19.4. The van der Waals surface area contributed by atoms with Gasteiger partial charge in [0.15, 0.2) is 11.3 Å². The standard InChI is InChI=1S/C28H30F3N3O3/c1-16(11-27-12-17-7-18(13-27)9-19(8-17)14-27)37-26(35)21-15-32-34-24(28(29,30)31)10-22(33-25(21)34)20-5-3-4-6-23(20)36-2/h3-6,10,15-19H,7-9,11-14H2,1-2H3/t16-,17?,18?,19?,27?/m0/s1. The van der Waals surface area contributed by atoms with Crippen molar-refractivity contribution in [3.8, 4) is 17.0 Å². The average Bonchev–Trinajstić information content (AvgIpc) is 3.25. The van der Waals surface area contributed by atoms with Crippen molar-refractivity contribution in [3.05, 3.63) is 47.8 Å². The van der Waals surface area contributed by atoms with Crippen LogP contribution in [0.15, 0.2) is 36.5 Å². The molecule has 1 atom stereocenters. The van der Waals surface area contributed by atoms with Gasteiger partial charge in [0.25, 0.3) is 0 Å². The molecule has 0 aliphatic heterocycles. The molecular formula is C28H30F3N3O3. The molecule has 4 fully saturated rings. The number of para-hydroxylation sites is 1. The molecule has 2 heterocycles. The molecule has 37 heavy (non-hydrogen) atoms. The lowest BCUT2D eigenvalue weighted by molar-refractivity contribution is -0.142. The van der Waals surface area contributed by atoms with Crippen LogP contribution in [0.3, 0.4) is 0 Å². The zero-order valence-corrected chi connectivity index (χ0v) is 20.9. The molecule has 0 spiro atoms. The van der Waals surface area contributed by atoms with Crippen LogP contribution >= 0.6 is 0 Å². The number of halogens is 3. The van der Waals surface area contributed by atoms with E-state index in [0.717, 1.165) is 36.4 Å². The summed E-state index contributed by atoms with van der Waals surface area (Å²) in [7, 11) is 1.44. The van der Waals surface area contributed by atoms with E-state index >= 15 is 0 Å². The number of fused-ring (bicyclic) bond motifs is 1. The first-order chi connectivity index (χ1) is 17.6. The van der Waals surface area contributed by atoms with Gasteiger partial charge in [0, 0.05) is 5.56 Å². The zero-order chi connectivity index (χ0) is 25.9. The Morgan fingerprint density at radius 1 is 1.14 bits per heavy atom. The van der Waals surface area contributed by atoms with Gasteiger partial charge in [0.1, 0.15) is 11.3 Å². The Kier molecular flexibility index (Phi) is 5.73. The summed E-state index contributed by atoms with van der Waals surface area (Å²) in [6, 6.07) is 7.60. The number of ether oxygens (including phenoxy) is 2.